The van der Waals surface area contributed by atoms with Gasteiger partial charge in [-0.15, -0.1) is 0 Å². The summed E-state index contributed by atoms with van der Waals surface area (Å²) in [6, 6.07) is 23.8. The first-order valence-corrected chi connectivity index (χ1v) is 11.4. The molecule has 4 aromatic rings. The minimum atomic E-state index is -3.28. The molecule has 0 saturated heterocycles. The lowest BCUT2D eigenvalue weighted by atomic mass is 10.1. The maximum absolute atomic E-state index is 11.8. The highest BCUT2D eigenvalue weighted by Crippen LogP contribution is 2.34. The number of para-hydroxylation sites is 1. The van der Waals surface area contributed by atoms with Gasteiger partial charge in [-0.25, -0.2) is 13.1 Å². The molecule has 30 heavy (non-hydrogen) atoms. The first-order valence-electron chi connectivity index (χ1n) is 9.17. The third-order valence-electron chi connectivity index (χ3n) is 4.74. The predicted molar refractivity (Wildman–Crippen MR) is 119 cm³/mol. The molecule has 4 rings (SSSR count). The smallest absolute Gasteiger partial charge is 0.175 e. The van der Waals surface area contributed by atoms with Gasteiger partial charge in [0.1, 0.15) is 5.75 Å². The molecule has 0 spiro atoms. The summed E-state index contributed by atoms with van der Waals surface area (Å²) in [7, 11) is -1.65. The fourth-order valence-electron chi connectivity index (χ4n) is 3.22. The van der Waals surface area contributed by atoms with E-state index in [1.807, 2.05) is 54.6 Å². The number of methoxy groups -OCH3 is 1. The van der Waals surface area contributed by atoms with Gasteiger partial charge in [-0.1, -0.05) is 35.9 Å². The van der Waals surface area contributed by atoms with E-state index in [1.165, 1.54) is 6.26 Å². The molecule has 0 unspecified atom stereocenters. The van der Waals surface area contributed by atoms with E-state index < -0.39 is 9.84 Å². The van der Waals surface area contributed by atoms with Crippen molar-refractivity contribution in [3.63, 3.8) is 0 Å². The molecular formula is C23H19ClN2O3S. The Hall–Kier alpha value is -3.09. The van der Waals surface area contributed by atoms with Gasteiger partial charge < -0.3 is 4.74 Å². The Morgan fingerprint density at radius 1 is 0.933 bits per heavy atom. The van der Waals surface area contributed by atoms with Crippen molar-refractivity contribution < 1.29 is 13.2 Å². The zero-order valence-electron chi connectivity index (χ0n) is 16.4. The zero-order chi connectivity index (χ0) is 21.3. The largest absolute Gasteiger partial charge is 0.496 e. The first kappa shape index (κ1) is 20.2. The van der Waals surface area contributed by atoms with Crippen LogP contribution >= 0.6 is 11.6 Å². The summed E-state index contributed by atoms with van der Waals surface area (Å²) in [5.41, 5.74) is 4.12. The molecule has 3 aromatic carbocycles. The van der Waals surface area contributed by atoms with E-state index in [2.05, 4.69) is 0 Å². The lowest BCUT2D eigenvalue weighted by Crippen LogP contribution is -2.02. The van der Waals surface area contributed by atoms with Gasteiger partial charge in [-0.05, 0) is 54.6 Å². The summed E-state index contributed by atoms with van der Waals surface area (Å²) < 4.78 is 31.0. The van der Waals surface area contributed by atoms with Crippen molar-refractivity contribution in [2.45, 2.75) is 4.90 Å². The van der Waals surface area contributed by atoms with Crippen LogP contribution in [0.1, 0.15) is 0 Å². The number of rotatable bonds is 5. The molecule has 0 aliphatic rings. The number of nitrogens with zero attached hydrogens (tertiary/aromatic N) is 2. The topological polar surface area (TPSA) is 61.2 Å². The third-order valence-corrected chi connectivity index (χ3v) is 6.12. The van der Waals surface area contributed by atoms with Gasteiger partial charge in [0, 0.05) is 22.4 Å². The molecule has 0 N–H and O–H groups in total. The van der Waals surface area contributed by atoms with E-state index in [9.17, 15) is 8.42 Å². The van der Waals surface area contributed by atoms with Crippen molar-refractivity contribution in [2.24, 2.45) is 0 Å². The fourth-order valence-corrected chi connectivity index (χ4v) is 3.98. The Kier molecular flexibility index (Phi) is 5.37. The second-order valence-corrected chi connectivity index (χ2v) is 9.25. The Morgan fingerprint density at radius 3 is 2.23 bits per heavy atom. The molecule has 0 bridgehead atoms. The first-order chi connectivity index (χ1) is 14.4. The van der Waals surface area contributed by atoms with Crippen LogP contribution < -0.4 is 4.74 Å². The standard InChI is InChI=1S/C23H19ClN2O3S/c1-29-23-6-4-3-5-20(23)22-15-21(16-7-9-17(24)10-8-16)25-26(22)18-11-13-19(14-12-18)30(2,27)28/h3-15H,1-2H3. The Morgan fingerprint density at radius 2 is 1.60 bits per heavy atom. The number of hydrogen-bond donors (Lipinski definition) is 0. The molecule has 0 aliphatic heterocycles. The molecule has 152 valence electrons. The Balaban J connectivity index is 1.90. The number of aromatic nitrogens is 2. The number of hydrogen-bond acceptors (Lipinski definition) is 4. The van der Waals surface area contributed by atoms with Crippen LogP contribution in [-0.4, -0.2) is 31.6 Å². The van der Waals surface area contributed by atoms with Crippen molar-refractivity contribution in [1.82, 2.24) is 9.78 Å². The maximum atomic E-state index is 11.8. The van der Waals surface area contributed by atoms with E-state index in [0.29, 0.717) is 10.8 Å². The minimum absolute atomic E-state index is 0.259. The molecule has 0 atom stereocenters. The summed E-state index contributed by atoms with van der Waals surface area (Å²) >= 11 is 6.03. The third kappa shape index (κ3) is 3.97. The number of halogens is 1. The normalized spacial score (nSPS) is 11.4. The number of benzene rings is 3. The summed E-state index contributed by atoms with van der Waals surface area (Å²) in [4.78, 5) is 0.259. The van der Waals surface area contributed by atoms with Crippen LogP contribution in [0.4, 0.5) is 0 Å². The molecule has 0 fully saturated rings. The number of ether oxygens (including phenoxy) is 1. The van der Waals surface area contributed by atoms with Gasteiger partial charge in [-0.2, -0.15) is 5.10 Å². The Bertz CT molecular complexity index is 1300. The molecule has 1 heterocycles. The average Bonchev–Trinajstić information content (AvgIpc) is 3.19. The van der Waals surface area contributed by atoms with Gasteiger partial charge in [0.15, 0.2) is 9.84 Å². The highest BCUT2D eigenvalue weighted by Gasteiger charge is 2.17. The van der Waals surface area contributed by atoms with Crippen molar-refractivity contribution in [3.8, 4) is 34.0 Å². The molecule has 0 saturated carbocycles. The zero-order valence-corrected chi connectivity index (χ0v) is 18.0. The van der Waals surface area contributed by atoms with E-state index in [-0.39, 0.29) is 4.90 Å². The van der Waals surface area contributed by atoms with E-state index in [0.717, 1.165) is 28.2 Å². The second kappa shape index (κ2) is 7.97. The summed E-state index contributed by atoms with van der Waals surface area (Å²) in [6.45, 7) is 0. The Labute approximate surface area is 180 Å². The molecule has 0 radical (unpaired) electrons. The second-order valence-electron chi connectivity index (χ2n) is 6.80. The van der Waals surface area contributed by atoms with Crippen molar-refractivity contribution in [1.29, 1.82) is 0 Å². The summed E-state index contributed by atoms with van der Waals surface area (Å²) in [6.07, 6.45) is 1.19. The van der Waals surface area contributed by atoms with Crippen LogP contribution in [0.5, 0.6) is 5.75 Å². The van der Waals surface area contributed by atoms with Crippen LogP contribution in [0.25, 0.3) is 28.2 Å². The fraction of sp³-hybridized carbons (Fsp3) is 0.0870. The highest BCUT2D eigenvalue weighted by atomic mass is 35.5. The van der Waals surface area contributed by atoms with Crippen LogP contribution in [-0.2, 0) is 9.84 Å². The van der Waals surface area contributed by atoms with Gasteiger partial charge >= 0.3 is 0 Å². The van der Waals surface area contributed by atoms with Crippen LogP contribution in [0, 0.1) is 0 Å². The van der Waals surface area contributed by atoms with Gasteiger partial charge in [-0.3, -0.25) is 0 Å². The van der Waals surface area contributed by atoms with E-state index >= 15 is 0 Å². The molecule has 5 nitrogen and oxygen atoms in total. The van der Waals surface area contributed by atoms with Gasteiger partial charge in [0.25, 0.3) is 0 Å². The predicted octanol–water partition coefficient (Wildman–Crippen LogP) is 5.27. The maximum Gasteiger partial charge on any atom is 0.175 e. The SMILES string of the molecule is COc1ccccc1-c1cc(-c2ccc(Cl)cc2)nn1-c1ccc(S(C)(=O)=O)cc1. The molecule has 0 amide bonds. The van der Waals surface area contributed by atoms with Crippen LogP contribution in [0.15, 0.2) is 83.8 Å². The quantitative estimate of drug-likeness (QED) is 0.425. The minimum Gasteiger partial charge on any atom is -0.496 e. The lowest BCUT2D eigenvalue weighted by Gasteiger charge is -2.11. The van der Waals surface area contributed by atoms with E-state index in [4.69, 9.17) is 21.4 Å². The average molecular weight is 439 g/mol. The molecule has 1 aromatic heterocycles. The highest BCUT2D eigenvalue weighted by molar-refractivity contribution is 7.90. The number of sulfone groups is 1. The summed E-state index contributed by atoms with van der Waals surface area (Å²) in [5, 5.41) is 5.44. The van der Waals surface area contributed by atoms with Crippen LogP contribution in [0.3, 0.4) is 0 Å². The van der Waals surface area contributed by atoms with E-state index in [1.54, 1.807) is 36.1 Å². The van der Waals surface area contributed by atoms with Crippen molar-refractivity contribution in [2.75, 3.05) is 13.4 Å². The van der Waals surface area contributed by atoms with Crippen LogP contribution in [0.2, 0.25) is 5.02 Å². The molecular weight excluding hydrogens is 420 g/mol. The van der Waals surface area contributed by atoms with Gasteiger partial charge in [0.2, 0.25) is 0 Å². The van der Waals surface area contributed by atoms with Gasteiger partial charge in [0.05, 0.1) is 29.1 Å². The van der Waals surface area contributed by atoms with Crippen molar-refractivity contribution in [3.05, 3.63) is 83.9 Å². The molecule has 0 aliphatic carbocycles. The monoisotopic (exact) mass is 438 g/mol. The lowest BCUT2D eigenvalue weighted by molar-refractivity contribution is 0.416. The van der Waals surface area contributed by atoms with Crippen molar-refractivity contribution >= 4 is 21.4 Å². The molecule has 7 heteroatoms. The summed E-state index contributed by atoms with van der Waals surface area (Å²) in [5.74, 6) is 0.717.